The van der Waals surface area contributed by atoms with Crippen molar-refractivity contribution in [2.24, 2.45) is 10.2 Å². The number of hydrogen-bond acceptors (Lipinski definition) is 3. The van der Waals surface area contributed by atoms with Crippen molar-refractivity contribution in [3.05, 3.63) is 11.8 Å². The average Bonchev–Trinajstić information content (AvgIpc) is 2.15. The van der Waals surface area contributed by atoms with E-state index in [0.29, 0.717) is 0 Å². The van der Waals surface area contributed by atoms with Crippen molar-refractivity contribution in [3.8, 4) is 0 Å². The Morgan fingerprint density at radius 3 is 3.50 bits per heavy atom. The van der Waals surface area contributed by atoms with Crippen molar-refractivity contribution in [3.63, 3.8) is 0 Å². The zero-order valence-electron chi connectivity index (χ0n) is 4.26. The molecule has 0 spiro atoms. The first-order valence-electron chi connectivity index (χ1n) is 2.50. The monoisotopic (exact) mass is 107 g/mol. The lowest BCUT2D eigenvalue weighted by Gasteiger charge is -1.83. The van der Waals surface area contributed by atoms with E-state index in [1.54, 1.807) is 6.21 Å². The summed E-state index contributed by atoms with van der Waals surface area (Å²) in [6.07, 6.45) is 3.69. The van der Waals surface area contributed by atoms with Gasteiger partial charge in [0.15, 0.2) is 0 Å². The Kier molecular flexibility index (Phi) is 0.566. The second kappa shape index (κ2) is 1.18. The van der Waals surface area contributed by atoms with E-state index in [4.69, 9.17) is 0 Å². The van der Waals surface area contributed by atoms with Crippen LogP contribution in [-0.2, 0) is 0 Å². The summed E-state index contributed by atoms with van der Waals surface area (Å²) in [7, 11) is 0. The van der Waals surface area contributed by atoms with E-state index in [1.807, 2.05) is 6.20 Å². The zero-order chi connectivity index (χ0) is 5.40. The Bertz CT molecular complexity index is 200. The standard InChI is InChI=1S/C5H5N3/c1-4-2-7-8-5(4)3-6-1/h1-2,6H,3H2. The third-order valence-electron chi connectivity index (χ3n) is 1.24. The van der Waals surface area contributed by atoms with Crippen LogP contribution in [0.25, 0.3) is 0 Å². The summed E-state index contributed by atoms with van der Waals surface area (Å²) >= 11 is 0. The van der Waals surface area contributed by atoms with Gasteiger partial charge in [0, 0.05) is 11.8 Å². The third kappa shape index (κ3) is 0.332. The molecular weight excluding hydrogens is 102 g/mol. The minimum absolute atomic E-state index is 0.843. The number of nitrogens with one attached hydrogen (secondary N) is 1. The topological polar surface area (TPSA) is 36.8 Å². The van der Waals surface area contributed by atoms with Gasteiger partial charge in [-0.05, 0) is 0 Å². The molecule has 0 atom stereocenters. The van der Waals surface area contributed by atoms with Crippen molar-refractivity contribution in [2.75, 3.05) is 6.54 Å². The molecule has 2 aliphatic rings. The highest BCUT2D eigenvalue weighted by molar-refractivity contribution is 6.20. The van der Waals surface area contributed by atoms with Crippen molar-refractivity contribution >= 4 is 11.9 Å². The molecule has 0 saturated heterocycles. The van der Waals surface area contributed by atoms with Gasteiger partial charge in [-0.25, -0.2) is 0 Å². The van der Waals surface area contributed by atoms with Crippen LogP contribution in [0.1, 0.15) is 0 Å². The molecule has 2 rings (SSSR count). The summed E-state index contributed by atoms with van der Waals surface area (Å²) in [5, 5.41) is 10.6. The Morgan fingerprint density at radius 2 is 2.62 bits per heavy atom. The molecule has 40 valence electrons. The van der Waals surface area contributed by atoms with E-state index in [2.05, 4.69) is 15.5 Å². The Morgan fingerprint density at radius 1 is 1.62 bits per heavy atom. The maximum Gasteiger partial charge on any atom is 0.0923 e. The van der Waals surface area contributed by atoms with Crippen molar-refractivity contribution in [2.45, 2.75) is 0 Å². The van der Waals surface area contributed by atoms with Crippen molar-refractivity contribution < 1.29 is 0 Å². The maximum absolute atomic E-state index is 3.85. The van der Waals surface area contributed by atoms with Crippen LogP contribution in [-0.4, -0.2) is 18.5 Å². The van der Waals surface area contributed by atoms with Gasteiger partial charge in [0.05, 0.1) is 18.5 Å². The first kappa shape index (κ1) is 3.83. The predicted molar refractivity (Wildman–Crippen MR) is 32.0 cm³/mol. The zero-order valence-corrected chi connectivity index (χ0v) is 4.26. The van der Waals surface area contributed by atoms with Crippen LogP contribution in [0.5, 0.6) is 0 Å². The second-order valence-electron chi connectivity index (χ2n) is 1.77. The Balaban J connectivity index is 2.49. The molecule has 3 heteroatoms. The predicted octanol–water partition coefficient (Wildman–Crippen LogP) is -0.0861. The number of rotatable bonds is 0. The summed E-state index contributed by atoms with van der Waals surface area (Å²) in [4.78, 5) is 0. The lowest BCUT2D eigenvalue weighted by molar-refractivity contribution is 1.04. The maximum atomic E-state index is 3.85. The molecular formula is C5H5N3. The highest BCUT2D eigenvalue weighted by Gasteiger charge is 2.13. The summed E-state index contributed by atoms with van der Waals surface area (Å²) < 4.78 is 0. The largest absolute Gasteiger partial charge is 0.385 e. The van der Waals surface area contributed by atoms with Gasteiger partial charge in [-0.15, -0.1) is 0 Å². The Labute approximate surface area is 46.8 Å². The molecule has 8 heavy (non-hydrogen) atoms. The minimum atomic E-state index is 0.843. The van der Waals surface area contributed by atoms with Gasteiger partial charge < -0.3 is 5.32 Å². The SMILES string of the molecule is C1=NN=C2CNC=C12. The molecule has 0 fully saturated rings. The van der Waals surface area contributed by atoms with Gasteiger partial charge in [-0.1, -0.05) is 0 Å². The lowest BCUT2D eigenvalue weighted by Crippen LogP contribution is -2.07. The van der Waals surface area contributed by atoms with E-state index in [0.717, 1.165) is 17.8 Å². The first-order chi connectivity index (χ1) is 3.97. The minimum Gasteiger partial charge on any atom is -0.385 e. The van der Waals surface area contributed by atoms with E-state index >= 15 is 0 Å². The van der Waals surface area contributed by atoms with Crippen LogP contribution in [0.4, 0.5) is 0 Å². The fourth-order valence-electron chi connectivity index (χ4n) is 0.809. The summed E-state index contributed by atoms with van der Waals surface area (Å²) in [6, 6.07) is 0. The van der Waals surface area contributed by atoms with Crippen LogP contribution in [0, 0.1) is 0 Å². The molecule has 0 unspecified atom stereocenters. The fraction of sp³-hybridized carbons (Fsp3) is 0.200. The van der Waals surface area contributed by atoms with Crippen LogP contribution in [0.2, 0.25) is 0 Å². The number of hydrogen-bond donors (Lipinski definition) is 1. The molecule has 0 bridgehead atoms. The molecule has 0 aromatic heterocycles. The normalized spacial score (nSPS) is 22.0. The van der Waals surface area contributed by atoms with Crippen molar-refractivity contribution in [1.82, 2.24) is 5.32 Å². The molecule has 0 amide bonds. The molecule has 0 aromatic rings. The third-order valence-corrected chi connectivity index (χ3v) is 1.24. The van der Waals surface area contributed by atoms with Crippen LogP contribution in [0.15, 0.2) is 22.0 Å². The van der Waals surface area contributed by atoms with Crippen molar-refractivity contribution in [1.29, 1.82) is 0 Å². The quantitative estimate of drug-likeness (QED) is 0.461. The van der Waals surface area contributed by atoms with Crippen LogP contribution < -0.4 is 5.32 Å². The van der Waals surface area contributed by atoms with Gasteiger partial charge in [0.1, 0.15) is 0 Å². The number of fused-ring (bicyclic) bond motifs is 1. The van der Waals surface area contributed by atoms with Gasteiger partial charge in [0.25, 0.3) is 0 Å². The second-order valence-corrected chi connectivity index (χ2v) is 1.77. The molecule has 3 nitrogen and oxygen atoms in total. The molecule has 0 aromatic carbocycles. The number of nitrogens with zero attached hydrogens (tertiary/aromatic N) is 2. The summed E-state index contributed by atoms with van der Waals surface area (Å²) in [6.45, 7) is 0.843. The highest BCUT2D eigenvalue weighted by atomic mass is 15.2. The van der Waals surface area contributed by atoms with E-state index in [-0.39, 0.29) is 0 Å². The smallest absolute Gasteiger partial charge is 0.0923 e. The molecule has 2 aliphatic heterocycles. The average molecular weight is 107 g/mol. The molecule has 0 saturated carbocycles. The molecule has 0 radical (unpaired) electrons. The van der Waals surface area contributed by atoms with Crippen LogP contribution in [0.3, 0.4) is 0 Å². The summed E-state index contributed by atoms with van der Waals surface area (Å²) in [5.74, 6) is 0. The van der Waals surface area contributed by atoms with E-state index < -0.39 is 0 Å². The van der Waals surface area contributed by atoms with Gasteiger partial charge in [0.2, 0.25) is 0 Å². The van der Waals surface area contributed by atoms with Crippen LogP contribution >= 0.6 is 0 Å². The fourth-order valence-corrected chi connectivity index (χ4v) is 0.809. The lowest BCUT2D eigenvalue weighted by atomic mass is 10.2. The first-order valence-corrected chi connectivity index (χ1v) is 2.50. The molecule has 1 N–H and O–H groups in total. The summed E-state index contributed by atoms with van der Waals surface area (Å²) in [5.41, 5.74) is 2.19. The Hall–Kier alpha value is -1.12. The van der Waals surface area contributed by atoms with Gasteiger partial charge >= 0.3 is 0 Å². The van der Waals surface area contributed by atoms with E-state index in [9.17, 15) is 0 Å². The highest BCUT2D eigenvalue weighted by Crippen LogP contribution is 2.05. The molecule has 2 heterocycles. The van der Waals surface area contributed by atoms with Gasteiger partial charge in [-0.3, -0.25) is 0 Å². The van der Waals surface area contributed by atoms with E-state index in [1.165, 1.54) is 0 Å². The van der Waals surface area contributed by atoms with Gasteiger partial charge in [-0.2, -0.15) is 10.2 Å². The molecule has 0 aliphatic carbocycles.